The molecule has 0 aliphatic rings. The van der Waals surface area contributed by atoms with E-state index in [2.05, 4.69) is 5.32 Å². The number of carbonyl (C=O) groups is 1. The Balaban J connectivity index is 2.35. The van der Waals surface area contributed by atoms with Gasteiger partial charge in [-0.25, -0.2) is 4.79 Å². The maximum Gasteiger partial charge on any atom is 0.339 e. The molecule has 7 nitrogen and oxygen atoms in total. The molecule has 0 aliphatic carbocycles. The van der Waals surface area contributed by atoms with Gasteiger partial charge < -0.3 is 19.1 Å². The number of urea groups is 1. The van der Waals surface area contributed by atoms with Gasteiger partial charge >= 0.3 is 16.1 Å². The summed E-state index contributed by atoms with van der Waals surface area (Å²) in [4.78, 5) is 13.8. The van der Waals surface area contributed by atoms with Crippen LogP contribution in [0.1, 0.15) is 26.3 Å². The molecule has 0 bridgehead atoms. The first-order valence-electron chi connectivity index (χ1n) is 9.20. The minimum absolute atomic E-state index is 0.000628. The number of ether oxygens (including phenoxy) is 1. The lowest BCUT2D eigenvalue weighted by molar-refractivity contribution is 0.180. The number of nitrogens with zero attached hydrogens (tertiary/aromatic N) is 1. The molecule has 0 saturated carbocycles. The van der Waals surface area contributed by atoms with Crippen molar-refractivity contribution < 1.29 is 22.1 Å². The molecule has 0 aromatic heterocycles. The number of methoxy groups -OCH3 is 1. The number of amides is 2. The van der Waals surface area contributed by atoms with Crippen LogP contribution in [0.2, 0.25) is 10.0 Å². The zero-order valence-electron chi connectivity index (χ0n) is 17.1. The Morgan fingerprint density at radius 1 is 1.10 bits per heavy atom. The van der Waals surface area contributed by atoms with Crippen molar-refractivity contribution in [1.82, 2.24) is 10.2 Å². The minimum atomic E-state index is -4.19. The summed E-state index contributed by atoms with van der Waals surface area (Å²) >= 11 is 11.8. The third kappa shape index (κ3) is 5.93. The molecule has 2 rings (SSSR count). The molecule has 30 heavy (non-hydrogen) atoms. The van der Waals surface area contributed by atoms with E-state index in [9.17, 15) is 13.2 Å². The van der Waals surface area contributed by atoms with Crippen molar-refractivity contribution in [2.24, 2.45) is 0 Å². The summed E-state index contributed by atoms with van der Waals surface area (Å²) in [7, 11) is -2.78. The number of halogens is 2. The van der Waals surface area contributed by atoms with Gasteiger partial charge in [0.25, 0.3) is 0 Å². The fraction of sp³-hybridized carbons (Fsp3) is 0.350. The molecule has 0 heterocycles. The lowest BCUT2D eigenvalue weighted by Crippen LogP contribution is -2.43. The molecule has 0 aliphatic heterocycles. The molecule has 0 spiro atoms. The van der Waals surface area contributed by atoms with Crippen LogP contribution >= 0.6 is 23.2 Å². The second-order valence-corrected chi connectivity index (χ2v) is 9.02. The van der Waals surface area contributed by atoms with Crippen LogP contribution in [0, 0.1) is 0 Å². The molecule has 1 N–H and O–H groups in total. The summed E-state index contributed by atoms with van der Waals surface area (Å²) in [5.74, 6) is 0.233. The van der Waals surface area contributed by atoms with Gasteiger partial charge in [0.15, 0.2) is 11.5 Å². The van der Waals surface area contributed by atoms with Gasteiger partial charge in [0.2, 0.25) is 0 Å². The van der Waals surface area contributed by atoms with Gasteiger partial charge in [0.1, 0.15) is 4.90 Å². The number of rotatable bonds is 8. The predicted molar refractivity (Wildman–Crippen MR) is 117 cm³/mol. The zero-order valence-corrected chi connectivity index (χ0v) is 19.4. The third-order valence-corrected chi connectivity index (χ3v) is 6.14. The molecular formula is C20H24Cl2N2O5S. The Labute approximate surface area is 187 Å². The van der Waals surface area contributed by atoms with Gasteiger partial charge in [-0.15, -0.1) is 0 Å². The molecule has 2 amide bonds. The van der Waals surface area contributed by atoms with E-state index in [0.29, 0.717) is 12.1 Å². The fourth-order valence-electron chi connectivity index (χ4n) is 2.62. The quantitative estimate of drug-likeness (QED) is 0.559. The number of hydrogen-bond donors (Lipinski definition) is 1. The van der Waals surface area contributed by atoms with Crippen LogP contribution in [0.4, 0.5) is 4.79 Å². The van der Waals surface area contributed by atoms with Crippen LogP contribution in [-0.2, 0) is 16.7 Å². The molecule has 164 valence electrons. The maximum absolute atomic E-state index is 12.7. The highest BCUT2D eigenvalue weighted by molar-refractivity contribution is 7.87. The molecule has 10 heteroatoms. The highest BCUT2D eigenvalue weighted by atomic mass is 35.5. The standard InChI is InChI=1S/C20H24Cl2N2O5S/c1-5-23-20(25)24(13(2)3)12-14-6-9-18(28-4)19(10-14)29-30(26,27)15-7-8-16(21)17(22)11-15/h6-11,13H,5,12H2,1-4H3,(H,23,25). The van der Waals surface area contributed by atoms with E-state index in [0.717, 1.165) is 0 Å². The molecule has 0 fully saturated rings. The Morgan fingerprint density at radius 3 is 2.37 bits per heavy atom. The Morgan fingerprint density at radius 2 is 1.80 bits per heavy atom. The van der Waals surface area contributed by atoms with Gasteiger partial charge in [-0.05, 0) is 56.7 Å². The van der Waals surface area contributed by atoms with E-state index in [1.807, 2.05) is 20.8 Å². The maximum atomic E-state index is 12.7. The predicted octanol–water partition coefficient (Wildman–Crippen LogP) is 4.71. The van der Waals surface area contributed by atoms with Crippen molar-refractivity contribution >= 4 is 39.4 Å². The number of hydrogen-bond acceptors (Lipinski definition) is 5. The summed E-state index contributed by atoms with van der Waals surface area (Å²) in [5, 5.41) is 3.09. The first kappa shape index (κ1) is 24.1. The molecule has 0 saturated heterocycles. The number of carbonyl (C=O) groups excluding carboxylic acids is 1. The number of benzene rings is 2. The lowest BCUT2D eigenvalue weighted by Gasteiger charge is -2.27. The van der Waals surface area contributed by atoms with Crippen LogP contribution in [0.15, 0.2) is 41.3 Å². The number of nitrogens with one attached hydrogen (secondary N) is 1. The van der Waals surface area contributed by atoms with Crippen molar-refractivity contribution in [3.05, 3.63) is 52.0 Å². The topological polar surface area (TPSA) is 84.9 Å². The van der Waals surface area contributed by atoms with Crippen molar-refractivity contribution in [3.8, 4) is 11.5 Å². The van der Waals surface area contributed by atoms with E-state index in [4.69, 9.17) is 32.1 Å². The first-order chi connectivity index (χ1) is 14.1. The van der Waals surface area contributed by atoms with E-state index < -0.39 is 10.1 Å². The van der Waals surface area contributed by atoms with Crippen LogP contribution in [0.25, 0.3) is 0 Å². The SMILES string of the molecule is CCNC(=O)N(Cc1ccc(OC)c(OS(=O)(=O)c2ccc(Cl)c(Cl)c2)c1)C(C)C. The minimum Gasteiger partial charge on any atom is -0.493 e. The molecule has 0 unspecified atom stereocenters. The lowest BCUT2D eigenvalue weighted by atomic mass is 10.1. The highest BCUT2D eigenvalue weighted by Crippen LogP contribution is 2.33. The second kappa shape index (κ2) is 10.2. The molecular weight excluding hydrogens is 451 g/mol. The van der Waals surface area contributed by atoms with Crippen LogP contribution in [-0.4, -0.2) is 39.0 Å². The van der Waals surface area contributed by atoms with E-state index in [1.165, 1.54) is 31.4 Å². The van der Waals surface area contributed by atoms with Gasteiger partial charge in [0.05, 0.1) is 17.2 Å². The normalized spacial score (nSPS) is 11.3. The van der Waals surface area contributed by atoms with Crippen LogP contribution < -0.4 is 14.2 Å². The molecule has 0 atom stereocenters. The average Bonchev–Trinajstić information content (AvgIpc) is 2.68. The smallest absolute Gasteiger partial charge is 0.339 e. The monoisotopic (exact) mass is 474 g/mol. The molecule has 2 aromatic rings. The van der Waals surface area contributed by atoms with Crippen LogP contribution in [0.5, 0.6) is 11.5 Å². The highest BCUT2D eigenvalue weighted by Gasteiger charge is 2.22. The van der Waals surface area contributed by atoms with E-state index in [1.54, 1.807) is 17.0 Å². The van der Waals surface area contributed by atoms with Gasteiger partial charge in [-0.1, -0.05) is 29.3 Å². The first-order valence-corrected chi connectivity index (χ1v) is 11.4. The van der Waals surface area contributed by atoms with Crippen molar-refractivity contribution in [3.63, 3.8) is 0 Å². The second-order valence-electron chi connectivity index (χ2n) is 6.66. The summed E-state index contributed by atoms with van der Waals surface area (Å²) in [6, 6.07) is 8.47. The van der Waals surface area contributed by atoms with Gasteiger partial charge in [-0.3, -0.25) is 0 Å². The zero-order chi connectivity index (χ0) is 22.5. The van der Waals surface area contributed by atoms with Gasteiger partial charge in [-0.2, -0.15) is 8.42 Å². The fourth-order valence-corrected chi connectivity index (χ4v) is 3.94. The molecule has 0 radical (unpaired) electrons. The third-order valence-electron chi connectivity index (χ3n) is 4.17. The van der Waals surface area contributed by atoms with Crippen molar-refractivity contribution in [2.75, 3.05) is 13.7 Å². The largest absolute Gasteiger partial charge is 0.493 e. The average molecular weight is 475 g/mol. The Hall–Kier alpha value is -2.16. The Kier molecular flexibility index (Phi) is 8.23. The van der Waals surface area contributed by atoms with Crippen molar-refractivity contribution in [1.29, 1.82) is 0 Å². The summed E-state index contributed by atoms with van der Waals surface area (Å²) in [6.45, 7) is 6.39. The summed E-state index contributed by atoms with van der Waals surface area (Å²) in [6.07, 6.45) is 0. The van der Waals surface area contributed by atoms with E-state index >= 15 is 0 Å². The molecule has 2 aromatic carbocycles. The summed E-state index contributed by atoms with van der Waals surface area (Å²) in [5.41, 5.74) is 0.676. The van der Waals surface area contributed by atoms with Crippen LogP contribution in [0.3, 0.4) is 0 Å². The van der Waals surface area contributed by atoms with E-state index in [-0.39, 0.29) is 45.1 Å². The van der Waals surface area contributed by atoms with Gasteiger partial charge in [0, 0.05) is 19.1 Å². The summed E-state index contributed by atoms with van der Waals surface area (Å²) < 4.78 is 36.0. The Bertz CT molecular complexity index is 1010. The van der Waals surface area contributed by atoms with Crippen molar-refractivity contribution in [2.45, 2.75) is 38.3 Å².